The molecule has 7 heteroatoms. The van der Waals surface area contributed by atoms with Crippen LogP contribution in [0.5, 0.6) is 11.5 Å². The first-order valence-electron chi connectivity index (χ1n) is 6.39. The number of ether oxygens (including phenoxy) is 3. The summed E-state index contributed by atoms with van der Waals surface area (Å²) < 4.78 is 15.5. The van der Waals surface area contributed by atoms with E-state index in [4.69, 9.17) is 25.8 Å². The molecule has 0 radical (unpaired) electrons. The molecule has 0 unspecified atom stereocenters. The van der Waals surface area contributed by atoms with Crippen molar-refractivity contribution in [3.8, 4) is 11.5 Å². The standard InChI is InChI=1S/C14H21ClN2O4/c1-14(2,3)21-13(18)17-16-8-9-6-10(15)12(20-5)11(7-9)19-4/h6-7,16H,8H2,1-5H3,(H,17,18). The van der Waals surface area contributed by atoms with E-state index in [2.05, 4.69) is 10.9 Å². The van der Waals surface area contributed by atoms with Crippen LogP contribution in [0.1, 0.15) is 26.3 Å². The van der Waals surface area contributed by atoms with Crippen molar-refractivity contribution in [3.05, 3.63) is 22.7 Å². The Bertz CT molecular complexity index is 500. The molecule has 1 amide bonds. The summed E-state index contributed by atoms with van der Waals surface area (Å²) in [6.07, 6.45) is -0.547. The van der Waals surface area contributed by atoms with Crippen LogP contribution >= 0.6 is 11.6 Å². The lowest BCUT2D eigenvalue weighted by Gasteiger charge is -2.20. The van der Waals surface area contributed by atoms with E-state index in [1.54, 1.807) is 32.9 Å². The first-order chi connectivity index (χ1) is 9.76. The van der Waals surface area contributed by atoms with Crippen molar-refractivity contribution < 1.29 is 19.0 Å². The van der Waals surface area contributed by atoms with Crippen LogP contribution in [0.2, 0.25) is 5.02 Å². The van der Waals surface area contributed by atoms with E-state index >= 15 is 0 Å². The van der Waals surface area contributed by atoms with Gasteiger partial charge in [0.1, 0.15) is 5.60 Å². The van der Waals surface area contributed by atoms with E-state index in [1.807, 2.05) is 0 Å². The molecule has 6 nitrogen and oxygen atoms in total. The minimum atomic E-state index is -0.547. The van der Waals surface area contributed by atoms with E-state index in [-0.39, 0.29) is 0 Å². The first-order valence-corrected chi connectivity index (χ1v) is 6.77. The van der Waals surface area contributed by atoms with Crippen LogP contribution < -0.4 is 20.3 Å². The van der Waals surface area contributed by atoms with Gasteiger partial charge in [0.2, 0.25) is 0 Å². The van der Waals surface area contributed by atoms with Gasteiger partial charge in [-0.1, -0.05) is 11.6 Å². The van der Waals surface area contributed by atoms with Gasteiger partial charge >= 0.3 is 6.09 Å². The second-order valence-electron chi connectivity index (χ2n) is 5.29. The number of methoxy groups -OCH3 is 2. The Hall–Kier alpha value is -1.66. The predicted molar refractivity (Wildman–Crippen MR) is 80.8 cm³/mol. The van der Waals surface area contributed by atoms with E-state index in [0.29, 0.717) is 23.1 Å². The molecule has 0 saturated carbocycles. The van der Waals surface area contributed by atoms with Crippen molar-refractivity contribution in [1.82, 2.24) is 10.9 Å². The van der Waals surface area contributed by atoms with E-state index in [0.717, 1.165) is 5.56 Å². The van der Waals surface area contributed by atoms with Crippen LogP contribution in [0.25, 0.3) is 0 Å². The largest absolute Gasteiger partial charge is 0.493 e. The Labute approximate surface area is 129 Å². The number of carbonyl (C=O) groups is 1. The second kappa shape index (κ2) is 7.38. The fourth-order valence-electron chi connectivity index (χ4n) is 1.60. The average molecular weight is 317 g/mol. The molecule has 1 rings (SSSR count). The number of halogens is 1. The SMILES string of the molecule is COc1cc(CNNC(=O)OC(C)(C)C)cc(Cl)c1OC. The van der Waals surface area contributed by atoms with Gasteiger partial charge in [-0.05, 0) is 38.5 Å². The lowest BCUT2D eigenvalue weighted by molar-refractivity contribution is 0.0497. The average Bonchev–Trinajstić information content (AvgIpc) is 2.35. The molecule has 0 saturated heterocycles. The number of hydrazine groups is 1. The number of benzene rings is 1. The monoisotopic (exact) mass is 316 g/mol. The van der Waals surface area contributed by atoms with Crippen LogP contribution in [0.3, 0.4) is 0 Å². The molecule has 118 valence electrons. The van der Waals surface area contributed by atoms with E-state index in [1.165, 1.54) is 14.2 Å². The van der Waals surface area contributed by atoms with Gasteiger partial charge in [-0.15, -0.1) is 0 Å². The summed E-state index contributed by atoms with van der Waals surface area (Å²) in [5.41, 5.74) is 5.49. The maximum atomic E-state index is 11.5. The molecule has 2 N–H and O–H groups in total. The number of rotatable bonds is 5. The molecular weight excluding hydrogens is 296 g/mol. The molecule has 0 aliphatic rings. The van der Waals surface area contributed by atoms with Crippen LogP contribution in [0, 0.1) is 0 Å². The number of hydrogen-bond donors (Lipinski definition) is 2. The molecule has 1 aromatic carbocycles. The summed E-state index contributed by atoms with van der Waals surface area (Å²) in [4.78, 5) is 11.5. The summed E-state index contributed by atoms with van der Waals surface area (Å²) in [5.74, 6) is 1.00. The highest BCUT2D eigenvalue weighted by molar-refractivity contribution is 6.32. The lowest BCUT2D eigenvalue weighted by atomic mass is 10.2. The van der Waals surface area contributed by atoms with Crippen molar-refractivity contribution in [2.45, 2.75) is 32.9 Å². The summed E-state index contributed by atoms with van der Waals surface area (Å²) in [6, 6.07) is 3.50. The highest BCUT2D eigenvalue weighted by Gasteiger charge is 2.16. The zero-order chi connectivity index (χ0) is 16.0. The molecule has 0 aliphatic heterocycles. The summed E-state index contributed by atoms with van der Waals surface area (Å²) >= 11 is 6.10. The normalized spacial score (nSPS) is 11.0. The van der Waals surface area contributed by atoms with E-state index in [9.17, 15) is 4.79 Å². The summed E-state index contributed by atoms with van der Waals surface area (Å²) in [5, 5.41) is 0.436. The van der Waals surface area contributed by atoms with Gasteiger partial charge in [-0.2, -0.15) is 0 Å². The minimum Gasteiger partial charge on any atom is -0.493 e. The molecule has 0 spiro atoms. The third-order valence-corrected chi connectivity index (χ3v) is 2.66. The van der Waals surface area contributed by atoms with Crippen molar-refractivity contribution in [1.29, 1.82) is 0 Å². The van der Waals surface area contributed by atoms with Gasteiger partial charge in [0.05, 0.1) is 19.2 Å². The van der Waals surface area contributed by atoms with Gasteiger partial charge in [-0.3, -0.25) is 5.43 Å². The predicted octanol–water partition coefficient (Wildman–Crippen LogP) is 2.89. The van der Waals surface area contributed by atoms with Crippen molar-refractivity contribution in [2.24, 2.45) is 0 Å². The van der Waals surface area contributed by atoms with Crippen LogP contribution in [-0.4, -0.2) is 25.9 Å². The smallest absolute Gasteiger partial charge is 0.422 e. The highest BCUT2D eigenvalue weighted by Crippen LogP contribution is 2.35. The zero-order valence-corrected chi connectivity index (χ0v) is 13.6. The third kappa shape index (κ3) is 5.69. The molecule has 21 heavy (non-hydrogen) atoms. The van der Waals surface area contributed by atoms with Gasteiger partial charge < -0.3 is 14.2 Å². The molecule has 1 aromatic rings. The molecule has 0 atom stereocenters. The van der Waals surface area contributed by atoms with Gasteiger partial charge in [0.15, 0.2) is 11.5 Å². The maximum Gasteiger partial charge on any atom is 0.422 e. The van der Waals surface area contributed by atoms with Crippen LogP contribution in [0.4, 0.5) is 4.79 Å². The number of nitrogens with one attached hydrogen (secondary N) is 2. The first kappa shape index (κ1) is 17.4. The number of hydrogen-bond acceptors (Lipinski definition) is 5. The van der Waals surface area contributed by atoms with Crippen molar-refractivity contribution in [2.75, 3.05) is 14.2 Å². The topological polar surface area (TPSA) is 68.8 Å². The Balaban J connectivity index is 2.60. The molecule has 0 fully saturated rings. The van der Waals surface area contributed by atoms with Crippen LogP contribution in [0.15, 0.2) is 12.1 Å². The molecule has 0 aliphatic carbocycles. The van der Waals surface area contributed by atoms with Gasteiger partial charge in [0, 0.05) is 6.54 Å². The maximum absolute atomic E-state index is 11.5. The minimum absolute atomic E-state index is 0.360. The Morgan fingerprint density at radius 3 is 2.43 bits per heavy atom. The molecule has 0 heterocycles. The highest BCUT2D eigenvalue weighted by atomic mass is 35.5. The van der Waals surface area contributed by atoms with Crippen molar-refractivity contribution in [3.63, 3.8) is 0 Å². The van der Waals surface area contributed by atoms with Crippen molar-refractivity contribution >= 4 is 17.7 Å². The van der Waals surface area contributed by atoms with Crippen LogP contribution in [-0.2, 0) is 11.3 Å². The molecular formula is C14H21ClN2O4. The Morgan fingerprint density at radius 2 is 1.90 bits per heavy atom. The second-order valence-corrected chi connectivity index (χ2v) is 5.70. The Morgan fingerprint density at radius 1 is 1.24 bits per heavy atom. The molecule has 0 bridgehead atoms. The zero-order valence-electron chi connectivity index (χ0n) is 12.9. The number of amides is 1. The summed E-state index contributed by atoms with van der Waals surface area (Å²) in [7, 11) is 3.05. The molecule has 0 aromatic heterocycles. The number of carbonyl (C=O) groups excluding carboxylic acids is 1. The Kier molecular flexibility index (Phi) is 6.11. The quantitative estimate of drug-likeness (QED) is 0.817. The van der Waals surface area contributed by atoms with Gasteiger partial charge in [-0.25, -0.2) is 10.2 Å². The lowest BCUT2D eigenvalue weighted by Crippen LogP contribution is -2.40. The third-order valence-electron chi connectivity index (χ3n) is 2.38. The fourth-order valence-corrected chi connectivity index (χ4v) is 1.91. The van der Waals surface area contributed by atoms with E-state index < -0.39 is 11.7 Å². The fraction of sp³-hybridized carbons (Fsp3) is 0.500. The van der Waals surface area contributed by atoms with Gasteiger partial charge in [0.25, 0.3) is 0 Å². The summed E-state index contributed by atoms with van der Waals surface area (Å²) in [6.45, 7) is 5.74.